The smallest absolute Gasteiger partial charge is 0.233 e. The Labute approximate surface area is 118 Å². The molecule has 1 heterocycles. The van der Waals surface area contributed by atoms with E-state index in [1.54, 1.807) is 12.1 Å². The first kappa shape index (κ1) is 14.2. The Morgan fingerprint density at radius 2 is 2.11 bits per heavy atom. The first-order valence-electron chi connectivity index (χ1n) is 6.52. The second-order valence-electron chi connectivity index (χ2n) is 4.85. The third-order valence-electron chi connectivity index (χ3n) is 3.55. The van der Waals surface area contributed by atoms with Crippen molar-refractivity contribution in [1.82, 2.24) is 10.2 Å². The molecule has 0 spiro atoms. The minimum absolute atomic E-state index is 0.180. The molecule has 2 N–H and O–H groups in total. The zero-order valence-electron chi connectivity index (χ0n) is 11.3. The van der Waals surface area contributed by atoms with Gasteiger partial charge in [-0.15, -0.1) is 11.8 Å². The summed E-state index contributed by atoms with van der Waals surface area (Å²) in [5.74, 6) is 0.876. The quantitative estimate of drug-likeness (QED) is 0.827. The zero-order chi connectivity index (χ0) is 13.8. The zero-order valence-corrected chi connectivity index (χ0v) is 12.1. The summed E-state index contributed by atoms with van der Waals surface area (Å²) in [6.45, 7) is 5.83. The standard InChI is InChI=1S/C14H20N2O2S/c1-10-11(2)16(8-7-15-10)14(18)9-19-13-5-3-12(17)4-6-13/h3-6,10-11,15,17H,7-9H2,1-2H3. The Bertz CT molecular complexity index is 436. The number of carbonyl (C=O) groups is 1. The van der Waals surface area contributed by atoms with Crippen LogP contribution in [0.2, 0.25) is 0 Å². The summed E-state index contributed by atoms with van der Waals surface area (Å²) in [5.41, 5.74) is 0. The van der Waals surface area contributed by atoms with E-state index in [0.29, 0.717) is 11.8 Å². The lowest BCUT2D eigenvalue weighted by atomic mass is 10.1. The number of hydrogen-bond acceptors (Lipinski definition) is 4. The molecule has 0 radical (unpaired) electrons. The number of thioether (sulfide) groups is 1. The molecule has 19 heavy (non-hydrogen) atoms. The molecule has 1 aliphatic rings. The first-order chi connectivity index (χ1) is 9.08. The van der Waals surface area contributed by atoms with E-state index in [2.05, 4.69) is 19.2 Å². The van der Waals surface area contributed by atoms with Gasteiger partial charge in [0, 0.05) is 30.1 Å². The van der Waals surface area contributed by atoms with E-state index in [4.69, 9.17) is 0 Å². The van der Waals surface area contributed by atoms with E-state index in [-0.39, 0.29) is 17.7 Å². The van der Waals surface area contributed by atoms with Crippen LogP contribution in [-0.2, 0) is 4.79 Å². The number of piperazine rings is 1. The van der Waals surface area contributed by atoms with Crippen LogP contribution in [-0.4, -0.2) is 46.8 Å². The second-order valence-corrected chi connectivity index (χ2v) is 5.90. The minimum Gasteiger partial charge on any atom is -0.508 e. The van der Waals surface area contributed by atoms with Gasteiger partial charge in [-0.05, 0) is 38.1 Å². The first-order valence-corrected chi connectivity index (χ1v) is 7.51. The number of amides is 1. The molecule has 2 atom stereocenters. The third kappa shape index (κ3) is 3.64. The highest BCUT2D eigenvalue weighted by Crippen LogP contribution is 2.21. The van der Waals surface area contributed by atoms with Crippen molar-refractivity contribution in [2.45, 2.75) is 30.8 Å². The van der Waals surface area contributed by atoms with Crippen LogP contribution in [0.15, 0.2) is 29.2 Å². The maximum absolute atomic E-state index is 12.2. The van der Waals surface area contributed by atoms with E-state index in [1.807, 2.05) is 17.0 Å². The van der Waals surface area contributed by atoms with Crippen molar-refractivity contribution >= 4 is 17.7 Å². The maximum atomic E-state index is 12.2. The van der Waals surface area contributed by atoms with Crippen LogP contribution in [0.5, 0.6) is 5.75 Å². The van der Waals surface area contributed by atoms with Crippen LogP contribution in [0.1, 0.15) is 13.8 Å². The molecule has 1 amide bonds. The molecule has 0 saturated carbocycles. The maximum Gasteiger partial charge on any atom is 0.233 e. The lowest BCUT2D eigenvalue weighted by Crippen LogP contribution is -2.57. The highest BCUT2D eigenvalue weighted by atomic mass is 32.2. The Kier molecular flexibility index (Phi) is 4.71. The van der Waals surface area contributed by atoms with E-state index in [9.17, 15) is 9.90 Å². The summed E-state index contributed by atoms with van der Waals surface area (Å²) in [7, 11) is 0. The molecule has 0 aromatic heterocycles. The molecule has 0 bridgehead atoms. The van der Waals surface area contributed by atoms with Gasteiger partial charge in [0.1, 0.15) is 5.75 Å². The number of rotatable bonds is 3. The highest BCUT2D eigenvalue weighted by Gasteiger charge is 2.27. The van der Waals surface area contributed by atoms with Crippen LogP contribution >= 0.6 is 11.8 Å². The molecule has 1 saturated heterocycles. The Hall–Kier alpha value is -1.20. The summed E-state index contributed by atoms with van der Waals surface area (Å²) in [6.07, 6.45) is 0. The van der Waals surface area contributed by atoms with Gasteiger partial charge in [0.05, 0.1) is 5.75 Å². The van der Waals surface area contributed by atoms with Crippen molar-refractivity contribution in [3.05, 3.63) is 24.3 Å². The van der Waals surface area contributed by atoms with Crippen molar-refractivity contribution in [2.24, 2.45) is 0 Å². The van der Waals surface area contributed by atoms with Crippen molar-refractivity contribution in [1.29, 1.82) is 0 Å². The van der Waals surface area contributed by atoms with Gasteiger partial charge in [0.15, 0.2) is 0 Å². The fraction of sp³-hybridized carbons (Fsp3) is 0.500. The van der Waals surface area contributed by atoms with Crippen LogP contribution in [0.4, 0.5) is 0 Å². The number of aromatic hydroxyl groups is 1. The molecule has 1 aromatic rings. The number of benzene rings is 1. The van der Waals surface area contributed by atoms with Gasteiger partial charge in [-0.25, -0.2) is 0 Å². The number of phenols is 1. The summed E-state index contributed by atoms with van der Waals surface area (Å²) < 4.78 is 0. The van der Waals surface area contributed by atoms with Gasteiger partial charge in [0.2, 0.25) is 5.91 Å². The lowest BCUT2D eigenvalue weighted by molar-refractivity contribution is -0.131. The van der Waals surface area contributed by atoms with Crippen LogP contribution < -0.4 is 5.32 Å². The fourth-order valence-electron chi connectivity index (χ4n) is 2.18. The summed E-state index contributed by atoms with van der Waals surface area (Å²) in [6, 6.07) is 7.52. The largest absolute Gasteiger partial charge is 0.508 e. The summed E-state index contributed by atoms with van der Waals surface area (Å²) in [5, 5.41) is 12.6. The van der Waals surface area contributed by atoms with Crippen LogP contribution in [0, 0.1) is 0 Å². The number of nitrogens with one attached hydrogen (secondary N) is 1. The number of carbonyl (C=O) groups excluding carboxylic acids is 1. The normalized spacial score (nSPS) is 23.4. The summed E-state index contributed by atoms with van der Waals surface area (Å²) in [4.78, 5) is 15.2. The molecule has 2 rings (SSSR count). The van der Waals surface area contributed by atoms with Crippen molar-refractivity contribution < 1.29 is 9.90 Å². The molecule has 5 heteroatoms. The van der Waals surface area contributed by atoms with E-state index < -0.39 is 0 Å². The molecule has 0 aliphatic carbocycles. The molecule has 104 valence electrons. The Morgan fingerprint density at radius 3 is 2.79 bits per heavy atom. The summed E-state index contributed by atoms with van der Waals surface area (Å²) >= 11 is 1.51. The van der Waals surface area contributed by atoms with E-state index in [1.165, 1.54) is 11.8 Å². The highest BCUT2D eigenvalue weighted by molar-refractivity contribution is 8.00. The molecule has 1 fully saturated rings. The van der Waals surface area contributed by atoms with E-state index >= 15 is 0 Å². The molecule has 2 unspecified atom stereocenters. The fourth-order valence-corrected chi connectivity index (χ4v) is 2.96. The lowest BCUT2D eigenvalue weighted by Gasteiger charge is -2.38. The predicted octanol–water partition coefficient (Wildman–Crippen LogP) is 1.69. The molecular weight excluding hydrogens is 260 g/mol. The minimum atomic E-state index is 0.180. The Morgan fingerprint density at radius 1 is 1.42 bits per heavy atom. The van der Waals surface area contributed by atoms with E-state index in [0.717, 1.165) is 18.0 Å². The molecule has 1 aromatic carbocycles. The average molecular weight is 280 g/mol. The molecule has 1 aliphatic heterocycles. The van der Waals surface area contributed by atoms with Crippen LogP contribution in [0.3, 0.4) is 0 Å². The van der Waals surface area contributed by atoms with Crippen LogP contribution in [0.25, 0.3) is 0 Å². The van der Waals surface area contributed by atoms with Gasteiger partial charge in [0.25, 0.3) is 0 Å². The monoisotopic (exact) mass is 280 g/mol. The predicted molar refractivity (Wildman–Crippen MR) is 77.5 cm³/mol. The van der Waals surface area contributed by atoms with Gasteiger partial charge in [-0.2, -0.15) is 0 Å². The van der Waals surface area contributed by atoms with Crippen molar-refractivity contribution in [3.8, 4) is 5.75 Å². The van der Waals surface area contributed by atoms with Gasteiger partial charge in [-0.1, -0.05) is 0 Å². The number of nitrogens with zero attached hydrogens (tertiary/aromatic N) is 1. The third-order valence-corrected chi connectivity index (χ3v) is 4.55. The number of hydrogen-bond donors (Lipinski definition) is 2. The van der Waals surface area contributed by atoms with Gasteiger partial charge >= 0.3 is 0 Å². The average Bonchev–Trinajstić information content (AvgIpc) is 2.41. The SMILES string of the molecule is CC1NCCN(C(=O)CSc2ccc(O)cc2)C1C. The van der Waals surface area contributed by atoms with Crippen molar-refractivity contribution in [2.75, 3.05) is 18.8 Å². The van der Waals surface area contributed by atoms with Crippen molar-refractivity contribution in [3.63, 3.8) is 0 Å². The second kappa shape index (κ2) is 6.30. The van der Waals surface area contributed by atoms with Gasteiger partial charge < -0.3 is 15.3 Å². The topological polar surface area (TPSA) is 52.6 Å². The molecule has 4 nitrogen and oxygen atoms in total. The number of phenolic OH excluding ortho intramolecular Hbond substituents is 1. The van der Waals surface area contributed by atoms with Gasteiger partial charge in [-0.3, -0.25) is 4.79 Å². The Balaban J connectivity index is 1.88. The molecular formula is C14H20N2O2S.